The number of nitrogens with one attached hydrogen (secondary N) is 1. The van der Waals surface area contributed by atoms with Crippen molar-refractivity contribution in [3.8, 4) is 0 Å². The molecule has 1 amide bonds. The maximum Gasteiger partial charge on any atom is 0.240 e. The molecule has 1 aromatic rings. The molecule has 0 bridgehead atoms. The van der Waals surface area contributed by atoms with Gasteiger partial charge in [0.05, 0.1) is 11.9 Å². The largest absolute Gasteiger partial charge is 0.354 e. The van der Waals surface area contributed by atoms with Crippen LogP contribution in [0.25, 0.3) is 0 Å². The Labute approximate surface area is 146 Å². The SMILES string of the molecule is CS(=O)(=O)N(CC(=O)NCCCN1CCCC1)c1ccc(F)c(F)c1. The lowest BCUT2D eigenvalue weighted by Crippen LogP contribution is -2.41. The van der Waals surface area contributed by atoms with Crippen molar-refractivity contribution in [1.82, 2.24) is 10.2 Å². The van der Waals surface area contributed by atoms with Crippen LogP contribution < -0.4 is 9.62 Å². The molecule has 140 valence electrons. The maximum atomic E-state index is 13.4. The molecule has 9 heteroatoms. The summed E-state index contributed by atoms with van der Waals surface area (Å²) in [7, 11) is -3.81. The van der Waals surface area contributed by atoms with E-state index in [1.54, 1.807) is 0 Å². The molecule has 1 heterocycles. The lowest BCUT2D eigenvalue weighted by atomic mass is 10.3. The van der Waals surface area contributed by atoms with Crippen molar-refractivity contribution >= 4 is 21.6 Å². The molecule has 0 saturated carbocycles. The van der Waals surface area contributed by atoms with E-state index in [1.807, 2.05) is 0 Å². The Bertz CT molecular complexity index is 707. The summed E-state index contributed by atoms with van der Waals surface area (Å²) < 4.78 is 50.9. The quantitative estimate of drug-likeness (QED) is 0.696. The van der Waals surface area contributed by atoms with Crippen LogP contribution in [0.2, 0.25) is 0 Å². The second-order valence-corrected chi connectivity index (χ2v) is 8.03. The van der Waals surface area contributed by atoms with E-state index in [4.69, 9.17) is 0 Å². The van der Waals surface area contributed by atoms with E-state index in [9.17, 15) is 22.0 Å². The number of likely N-dealkylation sites (tertiary alicyclic amines) is 1. The van der Waals surface area contributed by atoms with Gasteiger partial charge in [-0.15, -0.1) is 0 Å². The first-order chi connectivity index (χ1) is 11.8. The number of rotatable bonds is 8. The zero-order valence-electron chi connectivity index (χ0n) is 14.2. The van der Waals surface area contributed by atoms with E-state index < -0.39 is 34.1 Å². The molecule has 25 heavy (non-hydrogen) atoms. The van der Waals surface area contributed by atoms with E-state index in [2.05, 4.69) is 10.2 Å². The maximum absolute atomic E-state index is 13.4. The molecular weight excluding hydrogens is 352 g/mol. The predicted octanol–water partition coefficient (Wildman–Crippen LogP) is 1.33. The Kier molecular flexibility index (Phi) is 6.71. The second kappa shape index (κ2) is 8.57. The van der Waals surface area contributed by atoms with E-state index in [0.717, 1.165) is 54.8 Å². The highest BCUT2D eigenvalue weighted by Gasteiger charge is 2.22. The number of carbonyl (C=O) groups is 1. The predicted molar refractivity (Wildman–Crippen MR) is 91.8 cm³/mol. The van der Waals surface area contributed by atoms with Crippen molar-refractivity contribution in [1.29, 1.82) is 0 Å². The number of carbonyl (C=O) groups excluding carboxylic acids is 1. The standard InChI is InChI=1S/C16H23F2N3O3S/c1-25(23,24)21(13-5-6-14(17)15(18)11-13)12-16(22)19-7-4-10-20-8-2-3-9-20/h5-6,11H,2-4,7-10,12H2,1H3,(H,19,22). The Morgan fingerprint density at radius 3 is 2.52 bits per heavy atom. The van der Waals surface area contributed by atoms with Gasteiger partial charge in [-0.1, -0.05) is 0 Å². The molecule has 0 atom stereocenters. The third-order valence-electron chi connectivity index (χ3n) is 4.05. The summed E-state index contributed by atoms with van der Waals surface area (Å²) in [5.74, 6) is -2.74. The van der Waals surface area contributed by atoms with Crippen LogP contribution in [-0.4, -0.2) is 58.2 Å². The van der Waals surface area contributed by atoms with Crippen LogP contribution in [0, 0.1) is 11.6 Å². The first kappa shape index (κ1) is 19.6. The number of halogens is 2. The molecular formula is C16H23F2N3O3S. The minimum absolute atomic E-state index is 0.0892. The summed E-state index contributed by atoms with van der Waals surface area (Å²) in [6.45, 7) is 3.00. The minimum atomic E-state index is -3.81. The zero-order chi connectivity index (χ0) is 18.4. The Morgan fingerprint density at radius 1 is 1.24 bits per heavy atom. The van der Waals surface area contributed by atoms with Crippen molar-refractivity contribution in [2.45, 2.75) is 19.3 Å². The number of hydrogen-bond donors (Lipinski definition) is 1. The molecule has 1 aliphatic heterocycles. The smallest absolute Gasteiger partial charge is 0.240 e. The fraction of sp³-hybridized carbons (Fsp3) is 0.562. The van der Waals surface area contributed by atoms with Crippen molar-refractivity contribution in [3.63, 3.8) is 0 Å². The van der Waals surface area contributed by atoms with Crippen LogP contribution in [0.3, 0.4) is 0 Å². The zero-order valence-corrected chi connectivity index (χ0v) is 15.0. The first-order valence-electron chi connectivity index (χ1n) is 8.19. The van der Waals surface area contributed by atoms with Gasteiger partial charge in [0, 0.05) is 12.6 Å². The topological polar surface area (TPSA) is 69.7 Å². The Balaban J connectivity index is 1.90. The average Bonchev–Trinajstić information content (AvgIpc) is 3.04. The van der Waals surface area contributed by atoms with Gasteiger partial charge in [0.1, 0.15) is 6.54 Å². The number of nitrogens with zero attached hydrogens (tertiary/aromatic N) is 2. The third-order valence-corrected chi connectivity index (χ3v) is 5.19. The average molecular weight is 375 g/mol. The van der Waals surface area contributed by atoms with Gasteiger partial charge in [-0.3, -0.25) is 9.10 Å². The fourth-order valence-corrected chi connectivity index (χ4v) is 3.61. The van der Waals surface area contributed by atoms with Crippen LogP contribution in [0.15, 0.2) is 18.2 Å². The molecule has 1 saturated heterocycles. The molecule has 0 spiro atoms. The molecule has 1 aliphatic rings. The highest BCUT2D eigenvalue weighted by molar-refractivity contribution is 7.92. The van der Waals surface area contributed by atoms with Crippen molar-refractivity contribution < 1.29 is 22.0 Å². The first-order valence-corrected chi connectivity index (χ1v) is 10.0. The summed E-state index contributed by atoms with van der Waals surface area (Å²) in [4.78, 5) is 14.3. The van der Waals surface area contributed by atoms with E-state index in [0.29, 0.717) is 6.54 Å². The third kappa shape index (κ3) is 5.93. The Hall–Kier alpha value is -1.74. The van der Waals surface area contributed by atoms with Gasteiger partial charge >= 0.3 is 0 Å². The highest BCUT2D eigenvalue weighted by atomic mass is 32.2. The van der Waals surface area contributed by atoms with Gasteiger partial charge in [-0.05, 0) is 51.0 Å². The number of hydrogen-bond acceptors (Lipinski definition) is 4. The normalized spacial score (nSPS) is 15.3. The van der Waals surface area contributed by atoms with Crippen LogP contribution >= 0.6 is 0 Å². The second-order valence-electron chi connectivity index (χ2n) is 6.12. The molecule has 0 radical (unpaired) electrons. The monoisotopic (exact) mass is 375 g/mol. The number of amides is 1. The van der Waals surface area contributed by atoms with E-state index >= 15 is 0 Å². The summed E-state index contributed by atoms with van der Waals surface area (Å²) in [5, 5.41) is 2.67. The van der Waals surface area contributed by atoms with Gasteiger partial charge in [0.2, 0.25) is 15.9 Å². The molecule has 1 aromatic carbocycles. The fourth-order valence-electron chi connectivity index (χ4n) is 2.76. The number of sulfonamides is 1. The summed E-state index contributed by atoms with van der Waals surface area (Å²) in [5.41, 5.74) is -0.0892. The lowest BCUT2D eigenvalue weighted by Gasteiger charge is -2.22. The van der Waals surface area contributed by atoms with Gasteiger partial charge in [0.25, 0.3) is 0 Å². The summed E-state index contributed by atoms with van der Waals surface area (Å²) in [6, 6.07) is 2.72. The van der Waals surface area contributed by atoms with E-state index in [-0.39, 0.29) is 5.69 Å². The molecule has 0 aromatic heterocycles. The summed E-state index contributed by atoms with van der Waals surface area (Å²) in [6.07, 6.45) is 4.08. The van der Waals surface area contributed by atoms with Crippen molar-refractivity contribution in [2.24, 2.45) is 0 Å². The Morgan fingerprint density at radius 2 is 1.92 bits per heavy atom. The number of anilines is 1. The van der Waals surface area contributed by atoms with Crippen LogP contribution in [0.1, 0.15) is 19.3 Å². The highest BCUT2D eigenvalue weighted by Crippen LogP contribution is 2.20. The lowest BCUT2D eigenvalue weighted by molar-refractivity contribution is -0.119. The van der Waals surface area contributed by atoms with E-state index in [1.165, 1.54) is 12.8 Å². The van der Waals surface area contributed by atoms with Crippen molar-refractivity contribution in [2.75, 3.05) is 43.3 Å². The number of benzene rings is 1. The molecule has 0 unspecified atom stereocenters. The van der Waals surface area contributed by atoms with Gasteiger partial charge in [-0.25, -0.2) is 17.2 Å². The molecule has 0 aliphatic carbocycles. The van der Waals surface area contributed by atoms with Crippen LogP contribution in [0.4, 0.5) is 14.5 Å². The molecule has 2 rings (SSSR count). The van der Waals surface area contributed by atoms with Crippen LogP contribution in [0.5, 0.6) is 0 Å². The molecule has 1 N–H and O–H groups in total. The van der Waals surface area contributed by atoms with Crippen molar-refractivity contribution in [3.05, 3.63) is 29.8 Å². The minimum Gasteiger partial charge on any atom is -0.354 e. The molecule has 6 nitrogen and oxygen atoms in total. The summed E-state index contributed by atoms with van der Waals surface area (Å²) >= 11 is 0. The van der Waals surface area contributed by atoms with Crippen LogP contribution in [-0.2, 0) is 14.8 Å². The van der Waals surface area contributed by atoms with Gasteiger partial charge in [-0.2, -0.15) is 0 Å². The van der Waals surface area contributed by atoms with Gasteiger partial charge in [0.15, 0.2) is 11.6 Å². The molecule has 1 fully saturated rings. The van der Waals surface area contributed by atoms with Gasteiger partial charge < -0.3 is 10.2 Å².